The number of nitrogens with two attached hydrogens (primary N) is 1. The molecule has 0 amide bonds. The largest absolute Gasteiger partial charge is 0.490 e. The Morgan fingerprint density at radius 2 is 2.27 bits per heavy atom. The minimum absolute atomic E-state index is 0.00843. The third-order valence-electron chi connectivity index (χ3n) is 2.67. The summed E-state index contributed by atoms with van der Waals surface area (Å²) in [6.45, 7) is 0. The summed E-state index contributed by atoms with van der Waals surface area (Å²) >= 11 is 0. The predicted molar refractivity (Wildman–Crippen MR) is 55.0 cm³/mol. The lowest BCUT2D eigenvalue weighted by Crippen LogP contribution is -2.01. The molecule has 1 aromatic rings. The number of nitro benzene ring substituents is 1. The van der Waals surface area contributed by atoms with Gasteiger partial charge in [0.2, 0.25) is 0 Å². The molecule has 1 fully saturated rings. The SMILES string of the molecule is COc1ccc([C@@H]2C[C@H]2N)cc1[N+](=O)[O-]. The smallest absolute Gasteiger partial charge is 0.311 e. The molecule has 2 N–H and O–H groups in total. The molecule has 0 unspecified atom stereocenters. The van der Waals surface area contributed by atoms with Crippen LogP contribution in [0.5, 0.6) is 5.75 Å². The number of rotatable bonds is 3. The van der Waals surface area contributed by atoms with Gasteiger partial charge in [-0.25, -0.2) is 0 Å². The Hall–Kier alpha value is -1.62. The third-order valence-corrected chi connectivity index (χ3v) is 2.67. The van der Waals surface area contributed by atoms with Crippen LogP contribution in [0.4, 0.5) is 5.69 Å². The van der Waals surface area contributed by atoms with Crippen LogP contribution in [0.3, 0.4) is 0 Å². The number of hydrogen-bond donors (Lipinski definition) is 1. The second kappa shape index (κ2) is 3.51. The Morgan fingerprint density at radius 3 is 2.73 bits per heavy atom. The maximum Gasteiger partial charge on any atom is 0.311 e. The molecule has 80 valence electrons. The van der Waals surface area contributed by atoms with Gasteiger partial charge in [0, 0.05) is 18.0 Å². The number of benzene rings is 1. The lowest BCUT2D eigenvalue weighted by molar-refractivity contribution is -0.385. The monoisotopic (exact) mass is 208 g/mol. The highest BCUT2D eigenvalue weighted by Crippen LogP contribution is 2.41. The van der Waals surface area contributed by atoms with Gasteiger partial charge in [0.15, 0.2) is 5.75 Å². The molecule has 2 atom stereocenters. The Balaban J connectivity index is 2.36. The van der Waals surface area contributed by atoms with Crippen molar-refractivity contribution in [3.63, 3.8) is 0 Å². The van der Waals surface area contributed by atoms with Crippen molar-refractivity contribution < 1.29 is 9.66 Å². The Morgan fingerprint density at radius 1 is 1.60 bits per heavy atom. The van der Waals surface area contributed by atoms with Gasteiger partial charge in [0.25, 0.3) is 0 Å². The van der Waals surface area contributed by atoms with Gasteiger partial charge >= 0.3 is 5.69 Å². The van der Waals surface area contributed by atoms with Crippen LogP contribution < -0.4 is 10.5 Å². The van der Waals surface area contributed by atoms with E-state index in [1.807, 2.05) is 6.07 Å². The van der Waals surface area contributed by atoms with E-state index in [1.54, 1.807) is 12.1 Å². The lowest BCUT2D eigenvalue weighted by atomic mass is 10.1. The summed E-state index contributed by atoms with van der Waals surface area (Å²) in [5, 5.41) is 10.8. The van der Waals surface area contributed by atoms with Gasteiger partial charge in [-0.1, -0.05) is 6.07 Å². The van der Waals surface area contributed by atoms with Crippen molar-refractivity contribution in [1.29, 1.82) is 0 Å². The average Bonchev–Trinajstić information content (AvgIpc) is 2.94. The number of nitro groups is 1. The minimum Gasteiger partial charge on any atom is -0.490 e. The first-order valence-corrected chi connectivity index (χ1v) is 4.71. The lowest BCUT2D eigenvalue weighted by Gasteiger charge is -2.03. The highest BCUT2D eigenvalue weighted by Gasteiger charge is 2.36. The number of ether oxygens (including phenoxy) is 1. The van der Waals surface area contributed by atoms with E-state index in [0.717, 1.165) is 12.0 Å². The summed E-state index contributed by atoms with van der Waals surface area (Å²) in [7, 11) is 1.42. The maximum absolute atomic E-state index is 10.8. The molecule has 0 aromatic heterocycles. The van der Waals surface area contributed by atoms with Gasteiger partial charge < -0.3 is 10.5 Å². The first kappa shape index (κ1) is 9.92. The van der Waals surface area contributed by atoms with Gasteiger partial charge in [0.1, 0.15) is 0 Å². The van der Waals surface area contributed by atoms with Crippen molar-refractivity contribution in [3.05, 3.63) is 33.9 Å². The van der Waals surface area contributed by atoms with Crippen molar-refractivity contribution in [2.45, 2.75) is 18.4 Å². The van der Waals surface area contributed by atoms with Crippen LogP contribution in [0.2, 0.25) is 0 Å². The zero-order valence-corrected chi connectivity index (χ0v) is 8.34. The molecule has 0 saturated heterocycles. The van der Waals surface area contributed by atoms with Gasteiger partial charge in [-0.3, -0.25) is 10.1 Å². The van der Waals surface area contributed by atoms with E-state index in [0.29, 0.717) is 0 Å². The summed E-state index contributed by atoms with van der Waals surface area (Å²) in [6.07, 6.45) is 0.906. The fraction of sp³-hybridized carbons (Fsp3) is 0.400. The topological polar surface area (TPSA) is 78.4 Å². The molecule has 15 heavy (non-hydrogen) atoms. The Bertz CT molecular complexity index is 406. The minimum atomic E-state index is -0.434. The molecule has 2 rings (SSSR count). The van der Waals surface area contributed by atoms with Crippen molar-refractivity contribution in [2.75, 3.05) is 7.11 Å². The molecule has 1 aromatic carbocycles. The highest BCUT2D eigenvalue weighted by molar-refractivity contribution is 5.50. The standard InChI is InChI=1S/C10H12N2O3/c1-15-10-3-2-6(7-5-8(7)11)4-9(10)12(13)14/h2-4,7-8H,5,11H2,1H3/t7-,8+/m0/s1. The summed E-state index contributed by atoms with van der Waals surface area (Å²) < 4.78 is 4.92. The Kier molecular flexibility index (Phi) is 2.32. The highest BCUT2D eigenvalue weighted by atomic mass is 16.6. The van der Waals surface area contributed by atoms with Crippen LogP contribution in [0.15, 0.2) is 18.2 Å². The van der Waals surface area contributed by atoms with Crippen molar-refractivity contribution in [1.82, 2.24) is 0 Å². The molecule has 1 aliphatic carbocycles. The van der Waals surface area contributed by atoms with Crippen molar-refractivity contribution in [2.24, 2.45) is 5.73 Å². The summed E-state index contributed by atoms with van der Waals surface area (Å²) in [5.74, 6) is 0.563. The number of hydrogen-bond acceptors (Lipinski definition) is 4. The van der Waals surface area contributed by atoms with E-state index in [-0.39, 0.29) is 23.4 Å². The van der Waals surface area contributed by atoms with Crippen LogP contribution >= 0.6 is 0 Å². The molecule has 0 radical (unpaired) electrons. The maximum atomic E-state index is 10.8. The number of nitrogens with zero attached hydrogens (tertiary/aromatic N) is 1. The second-order valence-corrected chi connectivity index (χ2v) is 3.69. The summed E-state index contributed by atoms with van der Waals surface area (Å²) in [5.41, 5.74) is 6.63. The fourth-order valence-electron chi connectivity index (χ4n) is 1.68. The van der Waals surface area contributed by atoms with Crippen LogP contribution in [-0.4, -0.2) is 18.1 Å². The molecule has 0 bridgehead atoms. The fourth-order valence-corrected chi connectivity index (χ4v) is 1.68. The van der Waals surface area contributed by atoms with E-state index >= 15 is 0 Å². The molecular formula is C10H12N2O3. The van der Waals surface area contributed by atoms with Crippen molar-refractivity contribution in [3.8, 4) is 5.75 Å². The van der Waals surface area contributed by atoms with Gasteiger partial charge in [-0.2, -0.15) is 0 Å². The Labute approximate surface area is 87.0 Å². The van der Waals surface area contributed by atoms with Crippen LogP contribution in [0, 0.1) is 10.1 Å². The molecule has 5 nitrogen and oxygen atoms in total. The molecular weight excluding hydrogens is 196 g/mol. The molecule has 0 aliphatic heterocycles. The quantitative estimate of drug-likeness (QED) is 0.601. The normalized spacial score (nSPS) is 23.6. The van der Waals surface area contributed by atoms with Gasteiger partial charge in [-0.15, -0.1) is 0 Å². The van der Waals surface area contributed by atoms with Crippen molar-refractivity contribution >= 4 is 5.69 Å². The molecule has 1 aliphatic rings. The summed E-state index contributed by atoms with van der Waals surface area (Å²) in [6, 6.07) is 5.16. The van der Waals surface area contributed by atoms with E-state index in [4.69, 9.17) is 10.5 Å². The van der Waals surface area contributed by atoms with Crippen LogP contribution in [0.1, 0.15) is 17.9 Å². The summed E-state index contributed by atoms with van der Waals surface area (Å²) in [4.78, 5) is 10.3. The van der Waals surface area contributed by atoms with E-state index in [2.05, 4.69) is 0 Å². The third kappa shape index (κ3) is 1.78. The molecule has 0 heterocycles. The second-order valence-electron chi connectivity index (χ2n) is 3.69. The van der Waals surface area contributed by atoms with Crippen LogP contribution in [0.25, 0.3) is 0 Å². The van der Waals surface area contributed by atoms with E-state index < -0.39 is 4.92 Å². The molecule has 1 saturated carbocycles. The average molecular weight is 208 g/mol. The zero-order chi connectivity index (χ0) is 11.0. The van der Waals surface area contributed by atoms with E-state index in [1.165, 1.54) is 7.11 Å². The molecule has 5 heteroatoms. The first-order chi connectivity index (χ1) is 7.13. The number of methoxy groups -OCH3 is 1. The molecule has 0 spiro atoms. The zero-order valence-electron chi connectivity index (χ0n) is 8.34. The van der Waals surface area contributed by atoms with Crippen LogP contribution in [-0.2, 0) is 0 Å². The van der Waals surface area contributed by atoms with Gasteiger partial charge in [0.05, 0.1) is 12.0 Å². The van der Waals surface area contributed by atoms with E-state index in [9.17, 15) is 10.1 Å². The first-order valence-electron chi connectivity index (χ1n) is 4.71. The van der Waals surface area contributed by atoms with Gasteiger partial charge in [-0.05, 0) is 18.1 Å². The predicted octanol–water partition coefficient (Wildman–Crippen LogP) is 1.42.